The number of nitrogens with one attached hydrogen (secondary N) is 1. The number of benzene rings is 1. The topological polar surface area (TPSA) is 112 Å². The largest absolute Gasteiger partial charge is 0.486 e. The summed E-state index contributed by atoms with van der Waals surface area (Å²) >= 11 is 7.92. The first-order valence-corrected chi connectivity index (χ1v) is 11.3. The van der Waals surface area contributed by atoms with E-state index in [2.05, 4.69) is 42.1 Å². The van der Waals surface area contributed by atoms with E-state index in [0.717, 1.165) is 26.5 Å². The normalized spacial score (nSPS) is 10.2. The molecule has 4 heterocycles. The standard InChI is InChI=1S/C24H16ClN7OS.ClH/c25-19-9-15(5-7-21(19)33-13-17-3-1-2-8-27-17)32-24-23-20(30-14-31-24)10-18(34-23)6-4-16-11-29-22(26)12-28-16;/h1-3,5,7-12,14H,13H2,(H2,26,29)(H,30,31,32);1H. The summed E-state index contributed by atoms with van der Waals surface area (Å²) < 4.78 is 6.67. The fourth-order valence-corrected chi connectivity index (χ4v) is 4.15. The van der Waals surface area contributed by atoms with Gasteiger partial charge in [0.05, 0.1) is 38.2 Å². The van der Waals surface area contributed by atoms with Crippen LogP contribution in [0.5, 0.6) is 5.75 Å². The van der Waals surface area contributed by atoms with Crippen LogP contribution >= 0.6 is 35.3 Å². The van der Waals surface area contributed by atoms with E-state index in [9.17, 15) is 0 Å². The zero-order valence-electron chi connectivity index (χ0n) is 18.0. The number of halogens is 2. The molecule has 0 aliphatic rings. The lowest BCUT2D eigenvalue weighted by Crippen LogP contribution is -1.99. The van der Waals surface area contributed by atoms with Gasteiger partial charge in [-0.05, 0) is 48.2 Å². The molecule has 0 aliphatic heterocycles. The number of anilines is 3. The zero-order valence-corrected chi connectivity index (χ0v) is 20.4. The van der Waals surface area contributed by atoms with Crippen molar-refractivity contribution in [2.24, 2.45) is 0 Å². The Bertz CT molecular complexity index is 1520. The summed E-state index contributed by atoms with van der Waals surface area (Å²) in [4.78, 5) is 22.0. The molecule has 0 saturated heterocycles. The second-order valence-electron chi connectivity index (χ2n) is 7.00. The Morgan fingerprint density at radius 3 is 2.69 bits per heavy atom. The quantitative estimate of drug-likeness (QED) is 0.301. The van der Waals surface area contributed by atoms with Gasteiger partial charge in [0.25, 0.3) is 0 Å². The van der Waals surface area contributed by atoms with Crippen LogP contribution < -0.4 is 15.8 Å². The van der Waals surface area contributed by atoms with E-state index in [1.54, 1.807) is 12.3 Å². The third kappa shape index (κ3) is 5.94. The van der Waals surface area contributed by atoms with Crippen LogP contribution in [0.2, 0.25) is 5.02 Å². The maximum Gasteiger partial charge on any atom is 0.151 e. The Morgan fingerprint density at radius 2 is 1.91 bits per heavy atom. The average Bonchev–Trinajstić information content (AvgIpc) is 3.28. The van der Waals surface area contributed by atoms with E-state index in [0.29, 0.717) is 34.7 Å². The summed E-state index contributed by atoms with van der Waals surface area (Å²) in [5.74, 6) is 7.66. The minimum absolute atomic E-state index is 0. The highest BCUT2D eigenvalue weighted by Crippen LogP contribution is 2.33. The van der Waals surface area contributed by atoms with Crippen molar-refractivity contribution in [3.63, 3.8) is 0 Å². The first-order valence-electron chi connectivity index (χ1n) is 10.1. The maximum atomic E-state index is 6.44. The lowest BCUT2D eigenvalue weighted by atomic mass is 10.3. The number of pyridine rings is 1. The molecule has 0 aliphatic carbocycles. The first-order chi connectivity index (χ1) is 16.6. The zero-order chi connectivity index (χ0) is 23.3. The van der Waals surface area contributed by atoms with Crippen molar-refractivity contribution in [3.8, 4) is 17.6 Å². The van der Waals surface area contributed by atoms with Gasteiger partial charge in [0.1, 0.15) is 30.2 Å². The van der Waals surface area contributed by atoms with E-state index in [-0.39, 0.29) is 12.4 Å². The van der Waals surface area contributed by atoms with Crippen LogP contribution in [-0.4, -0.2) is 24.9 Å². The highest BCUT2D eigenvalue weighted by molar-refractivity contribution is 7.20. The van der Waals surface area contributed by atoms with Crippen LogP contribution in [0.1, 0.15) is 16.3 Å². The molecular formula is C24H17Cl2N7OS. The summed E-state index contributed by atoms with van der Waals surface area (Å²) in [6.07, 6.45) is 6.24. The van der Waals surface area contributed by atoms with Gasteiger partial charge in [-0.2, -0.15) is 0 Å². The molecule has 35 heavy (non-hydrogen) atoms. The number of rotatable bonds is 5. The molecule has 0 radical (unpaired) electrons. The molecule has 0 atom stereocenters. The number of nitrogens with zero attached hydrogens (tertiary/aromatic N) is 5. The van der Waals surface area contributed by atoms with Crippen LogP contribution in [0.15, 0.2) is 67.4 Å². The number of nitrogen functional groups attached to an aromatic ring is 1. The summed E-state index contributed by atoms with van der Waals surface area (Å²) in [5.41, 5.74) is 8.48. The average molecular weight is 522 g/mol. The number of ether oxygens (including phenoxy) is 1. The van der Waals surface area contributed by atoms with Gasteiger partial charge in [-0.25, -0.2) is 19.9 Å². The molecule has 5 rings (SSSR count). The Hall–Kier alpha value is -3.97. The van der Waals surface area contributed by atoms with Crippen molar-refractivity contribution in [2.45, 2.75) is 6.61 Å². The Kier molecular flexibility index (Phi) is 7.57. The van der Waals surface area contributed by atoms with Crippen molar-refractivity contribution in [2.75, 3.05) is 11.1 Å². The van der Waals surface area contributed by atoms with Gasteiger partial charge in [0.2, 0.25) is 0 Å². The minimum Gasteiger partial charge on any atom is -0.486 e. The molecule has 1 aromatic carbocycles. The van der Waals surface area contributed by atoms with Crippen LogP contribution in [0.25, 0.3) is 10.2 Å². The molecule has 5 aromatic rings. The van der Waals surface area contributed by atoms with E-state index >= 15 is 0 Å². The molecule has 11 heteroatoms. The predicted molar refractivity (Wildman–Crippen MR) is 140 cm³/mol. The van der Waals surface area contributed by atoms with Crippen LogP contribution in [0.4, 0.5) is 17.3 Å². The number of thiophene rings is 1. The molecule has 8 nitrogen and oxygen atoms in total. The fourth-order valence-electron chi connectivity index (χ4n) is 3.00. The van der Waals surface area contributed by atoms with Gasteiger partial charge >= 0.3 is 0 Å². The molecule has 0 saturated carbocycles. The number of nitrogens with two attached hydrogens (primary N) is 1. The van der Waals surface area contributed by atoms with Gasteiger partial charge in [-0.15, -0.1) is 23.7 Å². The van der Waals surface area contributed by atoms with Crippen molar-refractivity contribution >= 4 is 62.9 Å². The monoisotopic (exact) mass is 521 g/mol. The maximum absolute atomic E-state index is 6.44. The summed E-state index contributed by atoms with van der Waals surface area (Å²) in [5, 5.41) is 3.78. The summed E-state index contributed by atoms with van der Waals surface area (Å²) in [6.45, 7) is 0.334. The van der Waals surface area contributed by atoms with E-state index < -0.39 is 0 Å². The fraction of sp³-hybridized carbons (Fsp3) is 0.0417. The molecule has 174 valence electrons. The van der Waals surface area contributed by atoms with Gasteiger partial charge in [0, 0.05) is 11.9 Å². The summed E-state index contributed by atoms with van der Waals surface area (Å²) in [6, 6.07) is 13.1. The molecule has 0 spiro atoms. The van der Waals surface area contributed by atoms with Crippen LogP contribution in [0.3, 0.4) is 0 Å². The Morgan fingerprint density at radius 1 is 1.00 bits per heavy atom. The minimum atomic E-state index is 0. The highest BCUT2D eigenvalue weighted by Gasteiger charge is 2.10. The third-order valence-corrected chi connectivity index (χ3v) is 5.93. The first kappa shape index (κ1) is 24.2. The van der Waals surface area contributed by atoms with E-state index in [1.807, 2.05) is 36.4 Å². The number of fused-ring (bicyclic) bond motifs is 1. The van der Waals surface area contributed by atoms with Crippen molar-refractivity contribution < 1.29 is 4.74 Å². The smallest absolute Gasteiger partial charge is 0.151 e. The Balaban J connectivity index is 0.00000289. The van der Waals surface area contributed by atoms with Crippen molar-refractivity contribution in [3.05, 3.63) is 88.7 Å². The van der Waals surface area contributed by atoms with Crippen LogP contribution in [0, 0.1) is 11.8 Å². The molecule has 4 aromatic heterocycles. The van der Waals surface area contributed by atoms with Gasteiger partial charge in [0.15, 0.2) is 5.82 Å². The molecule has 3 N–H and O–H groups in total. The van der Waals surface area contributed by atoms with E-state index in [1.165, 1.54) is 30.1 Å². The predicted octanol–water partition coefficient (Wildman–Crippen LogP) is 5.26. The number of hydrogen-bond acceptors (Lipinski definition) is 9. The van der Waals surface area contributed by atoms with Gasteiger partial charge in [-0.3, -0.25) is 4.98 Å². The van der Waals surface area contributed by atoms with Crippen LogP contribution in [-0.2, 0) is 6.61 Å². The Labute approximate surface area is 216 Å². The SMILES string of the molecule is Cl.Nc1cnc(C#Cc2cc3ncnc(Nc4ccc(OCc5ccccn5)c(Cl)c4)c3s2)cn1. The second-order valence-corrected chi connectivity index (χ2v) is 8.46. The molecule has 0 bridgehead atoms. The lowest BCUT2D eigenvalue weighted by Gasteiger charge is -2.11. The number of hydrogen-bond donors (Lipinski definition) is 2. The van der Waals surface area contributed by atoms with Crippen molar-refractivity contribution in [1.29, 1.82) is 0 Å². The van der Waals surface area contributed by atoms with Crippen molar-refractivity contribution in [1.82, 2.24) is 24.9 Å². The molecule has 0 unspecified atom stereocenters. The number of aromatic nitrogens is 5. The highest BCUT2D eigenvalue weighted by atomic mass is 35.5. The van der Waals surface area contributed by atoms with E-state index in [4.69, 9.17) is 22.1 Å². The summed E-state index contributed by atoms with van der Waals surface area (Å²) in [7, 11) is 0. The third-order valence-electron chi connectivity index (χ3n) is 4.59. The molecule has 0 fully saturated rings. The molecule has 0 amide bonds. The van der Waals surface area contributed by atoms with Gasteiger partial charge < -0.3 is 15.8 Å². The lowest BCUT2D eigenvalue weighted by molar-refractivity contribution is 0.301. The van der Waals surface area contributed by atoms with Gasteiger partial charge in [-0.1, -0.05) is 17.7 Å². The second kappa shape index (κ2) is 11.0. The molecular weight excluding hydrogens is 505 g/mol.